The van der Waals surface area contributed by atoms with Crippen LogP contribution >= 0.6 is 35.0 Å². The molecular weight excluding hydrogens is 505 g/mol. The monoisotopic (exact) mass is 531 g/mol. The lowest BCUT2D eigenvalue weighted by molar-refractivity contribution is 0.0920. The molecule has 0 aliphatic carbocycles. The van der Waals surface area contributed by atoms with Crippen LogP contribution in [0.3, 0.4) is 0 Å². The van der Waals surface area contributed by atoms with Crippen LogP contribution in [0.15, 0.2) is 36.5 Å². The largest absolute Gasteiger partial charge is 0.347 e. The van der Waals surface area contributed by atoms with Crippen molar-refractivity contribution in [2.75, 3.05) is 16.8 Å². The Balaban J connectivity index is 1.72. The van der Waals surface area contributed by atoms with Crippen molar-refractivity contribution in [2.45, 2.75) is 39.7 Å². The van der Waals surface area contributed by atoms with E-state index in [9.17, 15) is 9.59 Å². The number of amides is 2. The van der Waals surface area contributed by atoms with Crippen LogP contribution in [0.5, 0.6) is 0 Å². The fourth-order valence-corrected chi connectivity index (χ4v) is 5.04. The maximum Gasteiger partial charge on any atom is 0.274 e. The van der Waals surface area contributed by atoms with Gasteiger partial charge in [0.1, 0.15) is 5.69 Å². The van der Waals surface area contributed by atoms with Crippen LogP contribution in [0.25, 0.3) is 5.82 Å². The molecule has 0 radical (unpaired) electrons. The maximum atomic E-state index is 13.6. The number of anilines is 1. The number of thioether (sulfide) groups is 1. The van der Waals surface area contributed by atoms with Crippen LogP contribution in [-0.2, 0) is 6.42 Å². The molecular formula is C25H27Cl2N5O2S. The molecule has 2 N–H and O–H groups in total. The minimum atomic E-state index is -0.461. The van der Waals surface area contributed by atoms with Crippen molar-refractivity contribution >= 4 is 52.5 Å². The highest BCUT2D eigenvalue weighted by Gasteiger charge is 2.26. The number of aryl methyl sites for hydroxylation is 1. The van der Waals surface area contributed by atoms with E-state index in [1.165, 1.54) is 4.68 Å². The number of carbonyl (C=O) groups is 2. The van der Waals surface area contributed by atoms with Crippen LogP contribution < -0.4 is 10.6 Å². The number of aromatic nitrogens is 3. The summed E-state index contributed by atoms with van der Waals surface area (Å²) in [6, 6.07) is 8.45. The molecule has 2 aromatic heterocycles. The first-order valence-corrected chi connectivity index (χ1v) is 13.1. The molecule has 0 bridgehead atoms. The first-order chi connectivity index (χ1) is 16.5. The molecule has 10 heteroatoms. The van der Waals surface area contributed by atoms with Crippen molar-refractivity contribution in [2.24, 2.45) is 5.92 Å². The van der Waals surface area contributed by atoms with Crippen molar-refractivity contribution in [3.05, 3.63) is 69.1 Å². The summed E-state index contributed by atoms with van der Waals surface area (Å²) in [5.74, 6) is 2.30. The number of benzene rings is 1. The third kappa shape index (κ3) is 6.00. The summed E-state index contributed by atoms with van der Waals surface area (Å²) in [5.41, 5.74) is 1.95. The lowest BCUT2D eigenvalue weighted by atomic mass is 10.0. The number of hydrogen-bond donors (Lipinski definition) is 2. The van der Waals surface area contributed by atoms with Crippen molar-refractivity contribution in [1.82, 2.24) is 20.1 Å². The molecule has 3 heterocycles. The predicted octanol–water partition coefficient (Wildman–Crippen LogP) is 5.57. The summed E-state index contributed by atoms with van der Waals surface area (Å²) in [6.45, 7) is 7.45. The van der Waals surface area contributed by atoms with Crippen molar-refractivity contribution in [3.63, 3.8) is 0 Å². The van der Waals surface area contributed by atoms with Gasteiger partial charge in [-0.15, -0.1) is 0 Å². The Morgan fingerprint density at radius 2 is 1.91 bits per heavy atom. The van der Waals surface area contributed by atoms with E-state index in [0.717, 1.165) is 23.6 Å². The molecule has 35 heavy (non-hydrogen) atoms. The Morgan fingerprint density at radius 1 is 1.17 bits per heavy atom. The Bertz CT molecular complexity index is 1280. The quantitative estimate of drug-likeness (QED) is 0.434. The third-order valence-corrected chi connectivity index (χ3v) is 7.34. The highest BCUT2D eigenvalue weighted by molar-refractivity contribution is 8.00. The lowest BCUT2D eigenvalue weighted by Gasteiger charge is -2.23. The summed E-state index contributed by atoms with van der Waals surface area (Å²) in [6.07, 6.45) is 2.37. The van der Waals surface area contributed by atoms with Gasteiger partial charge in [0.05, 0.1) is 22.0 Å². The summed E-state index contributed by atoms with van der Waals surface area (Å²) in [5, 5.41) is 11.3. The van der Waals surface area contributed by atoms with Crippen LogP contribution in [0, 0.1) is 12.8 Å². The van der Waals surface area contributed by atoms with Gasteiger partial charge in [0.25, 0.3) is 11.8 Å². The van der Waals surface area contributed by atoms with Gasteiger partial charge in [0.2, 0.25) is 0 Å². The van der Waals surface area contributed by atoms with Crippen LogP contribution in [-0.4, -0.2) is 43.6 Å². The summed E-state index contributed by atoms with van der Waals surface area (Å²) in [4.78, 5) is 31.0. The van der Waals surface area contributed by atoms with E-state index in [2.05, 4.69) is 20.7 Å². The number of nitrogens with zero attached hydrogens (tertiary/aromatic N) is 3. The van der Waals surface area contributed by atoms with Crippen molar-refractivity contribution < 1.29 is 9.59 Å². The zero-order valence-corrected chi connectivity index (χ0v) is 22.3. The predicted molar refractivity (Wildman–Crippen MR) is 142 cm³/mol. The molecule has 1 aliphatic heterocycles. The Labute approximate surface area is 219 Å². The SMILES string of the molecule is Cc1cc(Cl)cc(C(=O)NC(C)(C)C)c1NC(=O)c1cc(CC2CSC2)nn1-c1ncccc1Cl. The lowest BCUT2D eigenvalue weighted by Crippen LogP contribution is -2.41. The number of nitrogens with one attached hydrogen (secondary N) is 2. The molecule has 3 aromatic rings. The van der Waals surface area contributed by atoms with E-state index in [1.807, 2.05) is 32.5 Å². The van der Waals surface area contributed by atoms with E-state index in [0.29, 0.717) is 33.0 Å². The maximum absolute atomic E-state index is 13.6. The third-order valence-electron chi connectivity index (χ3n) is 5.41. The number of carbonyl (C=O) groups excluding carboxylic acids is 2. The fraction of sp³-hybridized carbons (Fsp3) is 0.360. The zero-order valence-electron chi connectivity index (χ0n) is 20.0. The van der Waals surface area contributed by atoms with Crippen LogP contribution in [0.1, 0.15) is 52.9 Å². The molecule has 1 fully saturated rings. The minimum absolute atomic E-state index is 0.282. The number of hydrogen-bond acceptors (Lipinski definition) is 5. The van der Waals surface area contributed by atoms with Crippen molar-refractivity contribution in [1.29, 1.82) is 0 Å². The molecule has 1 saturated heterocycles. The Hall–Kier alpha value is -2.55. The molecule has 0 atom stereocenters. The second-order valence-electron chi connectivity index (χ2n) is 9.65. The molecule has 0 unspecified atom stereocenters. The molecule has 1 aliphatic rings. The van der Waals surface area contributed by atoms with Gasteiger partial charge in [-0.2, -0.15) is 16.9 Å². The normalized spacial score (nSPS) is 13.9. The molecule has 2 amide bonds. The average Bonchev–Trinajstić information content (AvgIpc) is 3.15. The highest BCUT2D eigenvalue weighted by Crippen LogP contribution is 2.30. The smallest absolute Gasteiger partial charge is 0.274 e. The Kier molecular flexibility index (Phi) is 7.45. The minimum Gasteiger partial charge on any atom is -0.347 e. The Morgan fingerprint density at radius 3 is 2.54 bits per heavy atom. The van der Waals surface area contributed by atoms with Crippen LogP contribution in [0.2, 0.25) is 10.0 Å². The van der Waals surface area contributed by atoms with E-state index < -0.39 is 11.4 Å². The summed E-state index contributed by atoms with van der Waals surface area (Å²) < 4.78 is 1.47. The van der Waals surface area contributed by atoms with E-state index in [1.54, 1.807) is 43.5 Å². The van der Waals surface area contributed by atoms with Gasteiger partial charge in [0, 0.05) is 16.8 Å². The molecule has 4 rings (SSSR count). The molecule has 0 saturated carbocycles. The number of pyridine rings is 1. The summed E-state index contributed by atoms with van der Waals surface area (Å²) in [7, 11) is 0. The number of halogens is 2. The van der Waals surface area contributed by atoms with Gasteiger partial charge in [-0.05, 0) is 87.4 Å². The summed E-state index contributed by atoms with van der Waals surface area (Å²) >= 11 is 14.5. The molecule has 0 spiro atoms. The van der Waals surface area contributed by atoms with Crippen LogP contribution in [0.4, 0.5) is 5.69 Å². The van der Waals surface area contributed by atoms with Gasteiger partial charge in [-0.25, -0.2) is 9.67 Å². The van der Waals surface area contributed by atoms with Gasteiger partial charge >= 0.3 is 0 Å². The first kappa shape index (κ1) is 25.5. The van der Waals surface area contributed by atoms with Gasteiger partial charge < -0.3 is 10.6 Å². The van der Waals surface area contributed by atoms with Gasteiger partial charge in [-0.1, -0.05) is 23.2 Å². The second-order valence-corrected chi connectivity index (χ2v) is 11.6. The topological polar surface area (TPSA) is 88.9 Å². The van der Waals surface area contributed by atoms with Gasteiger partial charge in [0.15, 0.2) is 5.82 Å². The average molecular weight is 532 g/mol. The standard InChI is InChI=1S/C25H27Cl2N5O2S/c1-14-8-16(26)10-18(23(33)30-25(2,3)4)21(14)29-24(34)20-11-17(9-15-12-35-13-15)31-32(20)22-19(27)6-5-7-28-22/h5-8,10-11,15H,9,12-13H2,1-4H3,(H,29,34)(H,30,33). The van der Waals surface area contributed by atoms with E-state index in [4.69, 9.17) is 23.2 Å². The first-order valence-electron chi connectivity index (χ1n) is 11.2. The van der Waals surface area contributed by atoms with E-state index >= 15 is 0 Å². The fourth-order valence-electron chi connectivity index (χ4n) is 3.76. The molecule has 7 nitrogen and oxygen atoms in total. The van der Waals surface area contributed by atoms with Crippen molar-refractivity contribution in [3.8, 4) is 5.82 Å². The second kappa shape index (κ2) is 10.2. The highest BCUT2D eigenvalue weighted by atomic mass is 35.5. The van der Waals surface area contributed by atoms with Gasteiger partial charge in [-0.3, -0.25) is 9.59 Å². The van der Waals surface area contributed by atoms with E-state index in [-0.39, 0.29) is 17.2 Å². The zero-order chi connectivity index (χ0) is 25.3. The number of rotatable bonds is 6. The molecule has 184 valence electrons. The molecule has 1 aromatic carbocycles.